The van der Waals surface area contributed by atoms with Crippen LogP contribution >= 0.6 is 0 Å². The van der Waals surface area contributed by atoms with Crippen molar-refractivity contribution in [1.82, 2.24) is 19.6 Å². The van der Waals surface area contributed by atoms with Gasteiger partial charge >= 0.3 is 0 Å². The number of rotatable bonds is 4. The SMILES string of the molecule is CC(C)c1nn(CC(=O)N2CCCc3ccccc32)c(=O)c2c1cnn2-c1ccc(F)cc1. The van der Waals surface area contributed by atoms with E-state index in [9.17, 15) is 14.0 Å². The molecular formula is C25H24FN5O2. The van der Waals surface area contributed by atoms with Gasteiger partial charge in [-0.1, -0.05) is 32.0 Å². The normalized spacial score (nSPS) is 13.5. The predicted molar refractivity (Wildman–Crippen MR) is 124 cm³/mol. The molecule has 33 heavy (non-hydrogen) atoms. The molecule has 0 bridgehead atoms. The van der Waals surface area contributed by atoms with Crippen molar-refractivity contribution in [1.29, 1.82) is 0 Å². The maximum atomic E-state index is 13.5. The Kier molecular flexibility index (Phi) is 5.28. The minimum Gasteiger partial charge on any atom is -0.311 e. The first-order chi connectivity index (χ1) is 15.9. The number of hydrogen-bond donors (Lipinski definition) is 0. The van der Waals surface area contributed by atoms with E-state index < -0.39 is 5.56 Å². The molecule has 0 saturated carbocycles. The maximum absolute atomic E-state index is 13.5. The van der Waals surface area contributed by atoms with E-state index in [4.69, 9.17) is 0 Å². The summed E-state index contributed by atoms with van der Waals surface area (Å²) in [5.74, 6) is -0.542. The summed E-state index contributed by atoms with van der Waals surface area (Å²) in [6.45, 7) is 4.40. The summed E-state index contributed by atoms with van der Waals surface area (Å²) in [4.78, 5) is 28.5. The van der Waals surface area contributed by atoms with Crippen molar-refractivity contribution < 1.29 is 9.18 Å². The lowest BCUT2D eigenvalue weighted by atomic mass is 10.0. The number of carbonyl (C=O) groups is 1. The maximum Gasteiger partial charge on any atom is 0.293 e. The molecular weight excluding hydrogens is 421 g/mol. The monoisotopic (exact) mass is 445 g/mol. The van der Waals surface area contributed by atoms with Crippen molar-refractivity contribution in [3.05, 3.63) is 82.2 Å². The van der Waals surface area contributed by atoms with Crippen LogP contribution in [0.3, 0.4) is 0 Å². The molecule has 0 aliphatic carbocycles. The minimum atomic E-state index is -0.408. The van der Waals surface area contributed by atoms with Crippen LogP contribution in [-0.4, -0.2) is 32.0 Å². The molecule has 5 rings (SSSR count). The number of aromatic nitrogens is 4. The number of halogens is 1. The van der Waals surface area contributed by atoms with Crippen LogP contribution in [0.5, 0.6) is 0 Å². The van der Waals surface area contributed by atoms with Gasteiger partial charge in [-0.3, -0.25) is 9.59 Å². The van der Waals surface area contributed by atoms with Crippen LogP contribution in [0.2, 0.25) is 0 Å². The standard InChI is InChI=1S/C25H24FN5O2/c1-16(2)23-20-14-27-31(19-11-9-18(26)10-12-19)24(20)25(33)30(28-23)15-22(32)29-13-5-7-17-6-3-4-8-21(17)29/h3-4,6,8-12,14,16H,5,7,13,15H2,1-2H3. The Morgan fingerprint density at radius 2 is 1.88 bits per heavy atom. The van der Waals surface area contributed by atoms with Gasteiger partial charge in [-0.25, -0.2) is 13.8 Å². The number of nitrogens with zero attached hydrogens (tertiary/aromatic N) is 5. The second kappa shape index (κ2) is 8.27. The van der Waals surface area contributed by atoms with Crippen molar-refractivity contribution in [3.63, 3.8) is 0 Å². The fourth-order valence-corrected chi connectivity index (χ4v) is 4.41. The molecule has 2 aromatic carbocycles. The molecule has 1 amide bonds. The van der Waals surface area contributed by atoms with Crippen LogP contribution in [0.1, 0.15) is 37.4 Å². The largest absolute Gasteiger partial charge is 0.311 e. The molecule has 0 spiro atoms. The number of benzene rings is 2. The predicted octanol–water partition coefficient (Wildman–Crippen LogP) is 3.82. The first kappa shape index (κ1) is 21.1. The van der Waals surface area contributed by atoms with Gasteiger partial charge in [0.15, 0.2) is 0 Å². The van der Waals surface area contributed by atoms with Crippen molar-refractivity contribution in [3.8, 4) is 5.69 Å². The Labute approximate surface area is 190 Å². The first-order valence-electron chi connectivity index (χ1n) is 11.1. The van der Waals surface area contributed by atoms with E-state index in [-0.39, 0.29) is 24.2 Å². The Balaban J connectivity index is 1.60. The summed E-state index contributed by atoms with van der Waals surface area (Å²) in [7, 11) is 0. The third-order valence-electron chi connectivity index (χ3n) is 6.03. The number of hydrogen-bond acceptors (Lipinski definition) is 4. The zero-order valence-electron chi connectivity index (χ0n) is 18.5. The molecule has 7 nitrogen and oxygen atoms in total. The second-order valence-corrected chi connectivity index (χ2v) is 8.58. The zero-order chi connectivity index (χ0) is 23.1. The van der Waals surface area contributed by atoms with E-state index in [1.54, 1.807) is 23.2 Å². The van der Waals surface area contributed by atoms with E-state index in [0.29, 0.717) is 28.8 Å². The van der Waals surface area contributed by atoms with Gasteiger partial charge in [0.05, 0.1) is 17.6 Å². The molecule has 0 atom stereocenters. The average Bonchev–Trinajstić information content (AvgIpc) is 3.26. The Morgan fingerprint density at radius 3 is 2.64 bits per heavy atom. The van der Waals surface area contributed by atoms with E-state index in [0.717, 1.165) is 24.1 Å². The van der Waals surface area contributed by atoms with Gasteiger partial charge in [0.1, 0.15) is 17.9 Å². The second-order valence-electron chi connectivity index (χ2n) is 8.58. The van der Waals surface area contributed by atoms with Crippen LogP contribution in [0.25, 0.3) is 16.6 Å². The molecule has 168 valence electrons. The number of anilines is 1. The Bertz CT molecular complexity index is 1400. The van der Waals surface area contributed by atoms with Gasteiger partial charge in [0.2, 0.25) is 5.91 Å². The summed E-state index contributed by atoms with van der Waals surface area (Å²) in [6.07, 6.45) is 3.41. The van der Waals surface area contributed by atoms with Crippen LogP contribution in [0.15, 0.2) is 59.5 Å². The number of aryl methyl sites for hydroxylation is 1. The summed E-state index contributed by atoms with van der Waals surface area (Å²) < 4.78 is 16.2. The van der Waals surface area contributed by atoms with Crippen molar-refractivity contribution >= 4 is 22.5 Å². The lowest BCUT2D eigenvalue weighted by molar-refractivity contribution is -0.119. The number of amides is 1. The molecule has 2 aromatic heterocycles. The molecule has 0 radical (unpaired) electrons. The fourth-order valence-electron chi connectivity index (χ4n) is 4.41. The minimum absolute atomic E-state index is 0.0102. The van der Waals surface area contributed by atoms with Crippen molar-refractivity contribution in [2.75, 3.05) is 11.4 Å². The van der Waals surface area contributed by atoms with E-state index >= 15 is 0 Å². The lowest BCUT2D eigenvalue weighted by Crippen LogP contribution is -2.40. The van der Waals surface area contributed by atoms with Gasteiger partial charge in [-0.2, -0.15) is 10.2 Å². The van der Waals surface area contributed by atoms with Gasteiger partial charge in [0.25, 0.3) is 5.56 Å². The van der Waals surface area contributed by atoms with Gasteiger partial charge in [-0.05, 0) is 54.7 Å². The zero-order valence-corrected chi connectivity index (χ0v) is 18.5. The number of fused-ring (bicyclic) bond motifs is 2. The molecule has 4 aromatic rings. The molecule has 1 aliphatic rings. The third-order valence-corrected chi connectivity index (χ3v) is 6.03. The Hall–Kier alpha value is -3.81. The Morgan fingerprint density at radius 1 is 1.12 bits per heavy atom. The third kappa shape index (κ3) is 3.71. The van der Waals surface area contributed by atoms with Gasteiger partial charge in [0, 0.05) is 17.6 Å². The van der Waals surface area contributed by atoms with Crippen molar-refractivity contribution in [2.45, 2.75) is 39.2 Å². The summed E-state index contributed by atoms with van der Waals surface area (Å²) in [5.41, 5.74) is 3.19. The summed E-state index contributed by atoms with van der Waals surface area (Å²) >= 11 is 0. The summed E-state index contributed by atoms with van der Waals surface area (Å²) in [6, 6.07) is 13.6. The molecule has 8 heteroatoms. The highest BCUT2D eigenvalue weighted by Crippen LogP contribution is 2.27. The van der Waals surface area contributed by atoms with Crippen LogP contribution in [0, 0.1) is 5.82 Å². The van der Waals surface area contributed by atoms with Crippen molar-refractivity contribution in [2.24, 2.45) is 0 Å². The molecule has 3 heterocycles. The molecule has 1 aliphatic heterocycles. The van der Waals surface area contributed by atoms with Gasteiger partial charge in [-0.15, -0.1) is 0 Å². The van der Waals surface area contributed by atoms with Crippen LogP contribution < -0.4 is 10.5 Å². The van der Waals surface area contributed by atoms with E-state index in [2.05, 4.69) is 10.2 Å². The molecule has 0 fully saturated rings. The van der Waals surface area contributed by atoms with Crippen LogP contribution in [0.4, 0.5) is 10.1 Å². The highest BCUT2D eigenvalue weighted by molar-refractivity contribution is 5.94. The lowest BCUT2D eigenvalue weighted by Gasteiger charge is -2.29. The number of carbonyl (C=O) groups excluding carboxylic acids is 1. The average molecular weight is 445 g/mol. The smallest absolute Gasteiger partial charge is 0.293 e. The van der Waals surface area contributed by atoms with Crippen LogP contribution in [-0.2, 0) is 17.8 Å². The van der Waals surface area contributed by atoms with E-state index in [1.807, 2.05) is 38.1 Å². The molecule has 0 N–H and O–H groups in total. The highest BCUT2D eigenvalue weighted by Gasteiger charge is 2.25. The van der Waals surface area contributed by atoms with Gasteiger partial charge < -0.3 is 4.90 Å². The first-order valence-corrected chi connectivity index (χ1v) is 11.1. The quantitative estimate of drug-likeness (QED) is 0.479. The summed E-state index contributed by atoms with van der Waals surface area (Å²) in [5, 5.41) is 9.57. The number of para-hydroxylation sites is 1. The highest BCUT2D eigenvalue weighted by atomic mass is 19.1. The van der Waals surface area contributed by atoms with E-state index in [1.165, 1.54) is 21.5 Å². The fraction of sp³-hybridized carbons (Fsp3) is 0.280. The molecule has 0 saturated heterocycles. The molecule has 0 unspecified atom stereocenters. The topological polar surface area (TPSA) is 73.0 Å².